The number of anilines is 1. The van der Waals surface area contributed by atoms with Crippen LogP contribution in [-0.4, -0.2) is 39.8 Å². The van der Waals surface area contributed by atoms with Crippen molar-refractivity contribution in [3.05, 3.63) is 34.7 Å². The highest BCUT2D eigenvalue weighted by Gasteiger charge is 2.43. The van der Waals surface area contributed by atoms with Crippen molar-refractivity contribution in [2.75, 3.05) is 11.9 Å². The zero-order valence-corrected chi connectivity index (χ0v) is 17.3. The van der Waals surface area contributed by atoms with Crippen LogP contribution in [0.25, 0.3) is 11.3 Å². The number of nitrogens with one attached hydrogen (secondary N) is 2. The van der Waals surface area contributed by atoms with E-state index in [2.05, 4.69) is 41.6 Å². The van der Waals surface area contributed by atoms with Crippen LogP contribution in [0, 0.1) is 13.8 Å². The third-order valence-electron chi connectivity index (χ3n) is 4.78. The number of aromatic nitrogens is 1. The van der Waals surface area contributed by atoms with Gasteiger partial charge in [-0.05, 0) is 51.3 Å². The van der Waals surface area contributed by atoms with Gasteiger partial charge in [0.15, 0.2) is 5.13 Å². The molecular weight excluding hydrogens is 376 g/mol. The number of benzene rings is 1. The fraction of sp³-hybridized carbons (Fsp3) is 0.400. The quantitative estimate of drug-likeness (QED) is 0.726. The molecule has 148 valence electrons. The summed E-state index contributed by atoms with van der Waals surface area (Å²) in [5, 5.41) is 7.86. The standard InChI is InChI=1S/C20H24N4O3S/c1-12-7-8-14(10-13(12)2)15-11-28-18(21-15)22-16(25)6-5-9-24-17(26)20(3,4)23-19(24)27/h7-8,10-11H,5-6,9H2,1-4H3,(H,23,27)(H,21,22,25). The number of nitrogens with zero attached hydrogens (tertiary/aromatic N) is 2. The predicted octanol–water partition coefficient (Wildman–Crippen LogP) is 3.48. The molecule has 0 aliphatic carbocycles. The van der Waals surface area contributed by atoms with E-state index in [-0.39, 0.29) is 24.8 Å². The molecule has 2 heterocycles. The van der Waals surface area contributed by atoms with Gasteiger partial charge in [0.25, 0.3) is 5.91 Å². The van der Waals surface area contributed by atoms with E-state index < -0.39 is 11.6 Å². The van der Waals surface area contributed by atoms with E-state index >= 15 is 0 Å². The molecule has 28 heavy (non-hydrogen) atoms. The first-order valence-corrected chi connectivity index (χ1v) is 10.0. The first-order valence-electron chi connectivity index (χ1n) is 9.14. The molecule has 2 N–H and O–H groups in total. The number of hydrogen-bond acceptors (Lipinski definition) is 5. The van der Waals surface area contributed by atoms with Crippen molar-refractivity contribution >= 4 is 34.3 Å². The van der Waals surface area contributed by atoms with E-state index in [1.165, 1.54) is 22.5 Å². The van der Waals surface area contributed by atoms with E-state index in [0.717, 1.165) is 16.2 Å². The Hall–Kier alpha value is -2.74. The van der Waals surface area contributed by atoms with Crippen LogP contribution >= 0.6 is 11.3 Å². The van der Waals surface area contributed by atoms with E-state index in [0.29, 0.717) is 11.6 Å². The Bertz CT molecular complexity index is 935. The number of carbonyl (C=O) groups excluding carboxylic acids is 3. The van der Waals surface area contributed by atoms with Gasteiger partial charge in [0.05, 0.1) is 5.69 Å². The number of urea groups is 1. The van der Waals surface area contributed by atoms with E-state index in [9.17, 15) is 14.4 Å². The molecule has 2 aromatic rings. The van der Waals surface area contributed by atoms with Gasteiger partial charge in [0, 0.05) is 23.9 Å². The predicted molar refractivity (Wildman–Crippen MR) is 109 cm³/mol. The zero-order valence-electron chi connectivity index (χ0n) is 16.5. The SMILES string of the molecule is Cc1ccc(-c2csc(NC(=O)CCCN3C(=O)NC(C)(C)C3=O)n2)cc1C. The number of amides is 4. The molecule has 1 saturated heterocycles. The largest absolute Gasteiger partial charge is 0.325 e. The summed E-state index contributed by atoms with van der Waals surface area (Å²) < 4.78 is 0. The molecule has 1 aliphatic rings. The van der Waals surface area contributed by atoms with Crippen LogP contribution in [0.15, 0.2) is 23.6 Å². The molecule has 0 bridgehead atoms. The first kappa shape index (κ1) is 20.0. The Balaban J connectivity index is 1.52. The fourth-order valence-electron chi connectivity index (χ4n) is 2.96. The molecule has 0 radical (unpaired) electrons. The Kier molecular flexibility index (Phi) is 5.51. The first-order chi connectivity index (χ1) is 13.2. The normalized spacial score (nSPS) is 15.6. The van der Waals surface area contributed by atoms with Gasteiger partial charge >= 0.3 is 6.03 Å². The maximum absolute atomic E-state index is 12.2. The highest BCUT2D eigenvalue weighted by Crippen LogP contribution is 2.26. The van der Waals surface area contributed by atoms with Gasteiger partial charge in [-0.3, -0.25) is 14.5 Å². The van der Waals surface area contributed by atoms with E-state index in [4.69, 9.17) is 0 Å². The van der Waals surface area contributed by atoms with Crippen molar-refractivity contribution in [3.63, 3.8) is 0 Å². The lowest BCUT2D eigenvalue weighted by molar-refractivity contribution is -0.130. The third kappa shape index (κ3) is 4.22. The van der Waals surface area contributed by atoms with Crippen LogP contribution in [0.5, 0.6) is 0 Å². The molecule has 8 heteroatoms. The lowest BCUT2D eigenvalue weighted by atomic mass is 10.1. The Morgan fingerprint density at radius 2 is 2.00 bits per heavy atom. The second kappa shape index (κ2) is 7.71. The minimum Gasteiger partial charge on any atom is -0.324 e. The van der Waals surface area contributed by atoms with Crippen LogP contribution in [0.4, 0.5) is 9.93 Å². The van der Waals surface area contributed by atoms with Gasteiger partial charge in [-0.25, -0.2) is 9.78 Å². The summed E-state index contributed by atoms with van der Waals surface area (Å²) in [6.07, 6.45) is 0.604. The van der Waals surface area contributed by atoms with E-state index in [1.54, 1.807) is 13.8 Å². The molecule has 0 atom stereocenters. The van der Waals surface area contributed by atoms with E-state index in [1.807, 2.05) is 11.4 Å². The molecule has 4 amide bonds. The highest BCUT2D eigenvalue weighted by atomic mass is 32.1. The number of hydrogen-bond donors (Lipinski definition) is 2. The van der Waals surface area contributed by atoms with Crippen molar-refractivity contribution < 1.29 is 14.4 Å². The molecule has 1 aliphatic heterocycles. The molecule has 1 aromatic heterocycles. The lowest BCUT2D eigenvalue weighted by Gasteiger charge is -2.15. The molecule has 7 nitrogen and oxygen atoms in total. The number of aryl methyl sites for hydroxylation is 2. The topological polar surface area (TPSA) is 91.4 Å². The maximum atomic E-state index is 12.2. The summed E-state index contributed by atoms with van der Waals surface area (Å²) >= 11 is 1.37. The number of carbonyl (C=O) groups is 3. The molecule has 1 aromatic carbocycles. The second-order valence-electron chi connectivity index (χ2n) is 7.50. The van der Waals surface area contributed by atoms with Crippen LogP contribution in [0.3, 0.4) is 0 Å². The molecular formula is C20H24N4O3S. The molecule has 0 spiro atoms. The summed E-state index contributed by atoms with van der Waals surface area (Å²) in [5.41, 5.74) is 3.37. The molecule has 0 saturated carbocycles. The average molecular weight is 401 g/mol. The number of thiazole rings is 1. The van der Waals surface area contributed by atoms with Crippen LogP contribution in [0.1, 0.15) is 37.8 Å². The summed E-state index contributed by atoms with van der Waals surface area (Å²) in [6.45, 7) is 7.66. The summed E-state index contributed by atoms with van der Waals surface area (Å²) in [4.78, 5) is 41.8. The monoisotopic (exact) mass is 400 g/mol. The van der Waals surface area contributed by atoms with Crippen molar-refractivity contribution in [1.29, 1.82) is 0 Å². The van der Waals surface area contributed by atoms with Crippen molar-refractivity contribution in [2.45, 2.75) is 46.1 Å². The lowest BCUT2D eigenvalue weighted by Crippen LogP contribution is -2.40. The molecule has 1 fully saturated rings. The minimum absolute atomic E-state index is 0.188. The van der Waals surface area contributed by atoms with Gasteiger partial charge in [0.1, 0.15) is 5.54 Å². The Morgan fingerprint density at radius 1 is 1.25 bits per heavy atom. The second-order valence-corrected chi connectivity index (χ2v) is 8.36. The fourth-order valence-corrected chi connectivity index (χ4v) is 3.70. The van der Waals surface area contributed by atoms with Crippen LogP contribution in [-0.2, 0) is 9.59 Å². The van der Waals surface area contributed by atoms with Gasteiger partial charge in [0.2, 0.25) is 5.91 Å². The van der Waals surface area contributed by atoms with Gasteiger partial charge in [-0.2, -0.15) is 0 Å². The zero-order chi connectivity index (χ0) is 20.5. The summed E-state index contributed by atoms with van der Waals surface area (Å²) in [5.74, 6) is -0.455. The highest BCUT2D eigenvalue weighted by molar-refractivity contribution is 7.14. The number of imide groups is 1. The third-order valence-corrected chi connectivity index (χ3v) is 5.54. The average Bonchev–Trinajstić information content (AvgIpc) is 3.15. The van der Waals surface area contributed by atoms with Gasteiger partial charge < -0.3 is 10.6 Å². The van der Waals surface area contributed by atoms with Crippen LogP contribution < -0.4 is 10.6 Å². The van der Waals surface area contributed by atoms with Crippen molar-refractivity contribution in [2.24, 2.45) is 0 Å². The molecule has 0 unspecified atom stereocenters. The van der Waals surface area contributed by atoms with Gasteiger partial charge in [-0.1, -0.05) is 12.1 Å². The minimum atomic E-state index is -0.884. The van der Waals surface area contributed by atoms with Gasteiger partial charge in [-0.15, -0.1) is 11.3 Å². The Morgan fingerprint density at radius 3 is 2.64 bits per heavy atom. The summed E-state index contributed by atoms with van der Waals surface area (Å²) in [6, 6.07) is 5.74. The van der Waals surface area contributed by atoms with Crippen LogP contribution in [0.2, 0.25) is 0 Å². The Labute approximate surface area is 168 Å². The summed E-state index contributed by atoms with van der Waals surface area (Å²) in [7, 11) is 0. The van der Waals surface area contributed by atoms with Crippen molar-refractivity contribution in [3.8, 4) is 11.3 Å². The van der Waals surface area contributed by atoms with Crippen molar-refractivity contribution in [1.82, 2.24) is 15.2 Å². The smallest absolute Gasteiger partial charge is 0.324 e. The number of rotatable bonds is 6. The maximum Gasteiger partial charge on any atom is 0.325 e. The molecule has 3 rings (SSSR count).